The molecule has 4 rings (SSSR count). The fourth-order valence-corrected chi connectivity index (χ4v) is 1.90. The van der Waals surface area contributed by atoms with E-state index < -0.39 is 0 Å². The van der Waals surface area contributed by atoms with Crippen LogP contribution in [0.4, 0.5) is 0 Å². The number of aromatic nitrogens is 5. The van der Waals surface area contributed by atoms with E-state index in [-0.39, 0.29) is 0 Å². The molecule has 0 bridgehead atoms. The Balaban J connectivity index is 1.94. The van der Waals surface area contributed by atoms with Gasteiger partial charge in [0.2, 0.25) is 0 Å². The predicted molar refractivity (Wildman–Crippen MR) is 63.0 cm³/mol. The molecular weight excluding hydrogens is 230 g/mol. The van der Waals surface area contributed by atoms with Crippen LogP contribution in [-0.2, 0) is 0 Å². The lowest BCUT2D eigenvalue weighted by Crippen LogP contribution is -2.32. The highest BCUT2D eigenvalue weighted by Crippen LogP contribution is 2.12. The zero-order chi connectivity index (χ0) is 11.9. The highest BCUT2D eigenvalue weighted by atomic mass is 16.5. The number of nitrogens with one attached hydrogen (secondary N) is 1. The summed E-state index contributed by atoms with van der Waals surface area (Å²) in [4.78, 5) is 8.62. The largest absolute Gasteiger partial charge is 0.365 e. The molecule has 0 unspecified atom stereocenters. The first-order valence-corrected chi connectivity index (χ1v) is 5.47. The van der Waals surface area contributed by atoms with E-state index in [4.69, 9.17) is 4.52 Å². The molecule has 0 aromatic carbocycles. The number of hydrogen-bond donors (Lipinski definition) is 1. The normalized spacial score (nSPS) is 11.3. The molecule has 18 heavy (non-hydrogen) atoms. The average molecular weight is 238 g/mol. The maximum atomic E-state index is 5.05. The van der Waals surface area contributed by atoms with Crippen molar-refractivity contribution in [2.45, 2.75) is 0 Å². The zero-order valence-corrected chi connectivity index (χ0v) is 9.24. The Bertz CT molecular complexity index is 815. The molecule has 6 nitrogen and oxygen atoms in total. The van der Waals surface area contributed by atoms with Crippen molar-refractivity contribution in [3.05, 3.63) is 42.9 Å². The first-order chi connectivity index (χ1) is 8.90. The minimum Gasteiger partial charge on any atom is -0.309 e. The average Bonchev–Trinajstić information content (AvgIpc) is 3.04. The third-order valence-electron chi connectivity index (χ3n) is 2.79. The first-order valence-electron chi connectivity index (χ1n) is 5.47. The van der Waals surface area contributed by atoms with Crippen molar-refractivity contribution < 1.29 is 9.20 Å². The molecule has 0 saturated carbocycles. The van der Waals surface area contributed by atoms with Gasteiger partial charge in [0, 0.05) is 17.2 Å². The molecule has 0 aliphatic carbocycles. The quantitative estimate of drug-likeness (QED) is 0.508. The van der Waals surface area contributed by atoms with Crippen molar-refractivity contribution in [1.82, 2.24) is 20.2 Å². The molecule has 1 N–H and O–H groups in total. The maximum absolute atomic E-state index is 5.05. The first kappa shape index (κ1) is 9.29. The number of H-pyrrole nitrogens is 1. The summed E-state index contributed by atoms with van der Waals surface area (Å²) in [5.41, 5.74) is 1.34. The molecule has 0 spiro atoms. The Morgan fingerprint density at radius 3 is 3.11 bits per heavy atom. The Morgan fingerprint density at radius 1 is 1.17 bits per heavy atom. The summed E-state index contributed by atoms with van der Waals surface area (Å²) in [7, 11) is 0. The monoisotopic (exact) mass is 238 g/mol. The summed E-state index contributed by atoms with van der Waals surface area (Å²) in [5, 5.41) is 8.77. The van der Waals surface area contributed by atoms with Crippen molar-refractivity contribution in [2.75, 3.05) is 0 Å². The summed E-state index contributed by atoms with van der Waals surface area (Å²) in [5.74, 6) is 0.734. The Morgan fingerprint density at radius 2 is 2.17 bits per heavy atom. The van der Waals surface area contributed by atoms with Crippen LogP contribution < -0.4 is 4.68 Å². The van der Waals surface area contributed by atoms with Crippen LogP contribution >= 0.6 is 0 Å². The minimum absolute atomic E-state index is 0.520. The molecule has 0 aliphatic heterocycles. The third-order valence-corrected chi connectivity index (χ3v) is 2.79. The molecule has 86 valence electrons. The number of rotatable bonds is 1. The van der Waals surface area contributed by atoms with Gasteiger partial charge in [-0.05, 0) is 18.2 Å². The van der Waals surface area contributed by atoms with E-state index in [1.165, 1.54) is 0 Å². The highest BCUT2D eigenvalue weighted by molar-refractivity contribution is 5.73. The second kappa shape index (κ2) is 3.36. The molecule has 0 saturated heterocycles. The van der Waals surface area contributed by atoms with Gasteiger partial charge >= 0.3 is 11.5 Å². The van der Waals surface area contributed by atoms with Crippen molar-refractivity contribution in [3.63, 3.8) is 0 Å². The second-order valence-corrected chi connectivity index (χ2v) is 3.94. The number of aromatic amines is 1. The molecule has 4 heterocycles. The van der Waals surface area contributed by atoms with Crippen LogP contribution in [0.3, 0.4) is 0 Å². The van der Waals surface area contributed by atoms with E-state index in [2.05, 4.69) is 20.2 Å². The van der Waals surface area contributed by atoms with E-state index in [0.29, 0.717) is 5.71 Å². The second-order valence-electron chi connectivity index (χ2n) is 3.94. The number of fused-ring (bicyclic) bond motifs is 2. The van der Waals surface area contributed by atoms with Gasteiger partial charge in [-0.1, -0.05) is 5.16 Å². The highest BCUT2D eigenvalue weighted by Gasteiger charge is 2.15. The van der Waals surface area contributed by atoms with Gasteiger partial charge < -0.3 is 4.52 Å². The van der Waals surface area contributed by atoms with Crippen LogP contribution in [0, 0.1) is 0 Å². The lowest BCUT2D eigenvalue weighted by atomic mass is 10.3. The zero-order valence-electron chi connectivity index (χ0n) is 9.24. The van der Waals surface area contributed by atoms with E-state index in [9.17, 15) is 0 Å². The van der Waals surface area contributed by atoms with Gasteiger partial charge in [0.1, 0.15) is 6.20 Å². The van der Waals surface area contributed by atoms with E-state index in [1.807, 2.05) is 30.5 Å². The van der Waals surface area contributed by atoms with Gasteiger partial charge in [0.25, 0.3) is 0 Å². The smallest absolute Gasteiger partial charge is 0.309 e. The molecule has 0 radical (unpaired) electrons. The van der Waals surface area contributed by atoms with Crippen molar-refractivity contribution >= 4 is 22.1 Å². The standard InChI is InChI=1S/C12H7N5O/c1-2-9-7-17(16-11(9)13-5-1)10-4-3-8-6-14-18-12(8)15-10/h1-7H/p+1. The van der Waals surface area contributed by atoms with Crippen molar-refractivity contribution in [1.29, 1.82) is 0 Å². The molecule has 0 aliphatic rings. The maximum Gasteiger partial charge on any atom is 0.365 e. The van der Waals surface area contributed by atoms with Gasteiger partial charge in [-0.25, -0.2) is 10.1 Å². The SMILES string of the molecule is c1cnc2[nH][n+](-c3ccc4cnoc4n3)cc2c1. The van der Waals surface area contributed by atoms with Crippen LogP contribution in [0.25, 0.3) is 28.0 Å². The van der Waals surface area contributed by atoms with Crippen LogP contribution in [0.2, 0.25) is 0 Å². The number of nitrogens with zero attached hydrogens (tertiary/aromatic N) is 4. The Labute approximate surface area is 101 Å². The minimum atomic E-state index is 0.520. The summed E-state index contributed by atoms with van der Waals surface area (Å²) in [6.07, 6.45) is 5.33. The number of hydrogen-bond acceptors (Lipinski definition) is 4. The molecule has 0 fully saturated rings. The molecule has 0 atom stereocenters. The summed E-state index contributed by atoms with van der Waals surface area (Å²) in [6.45, 7) is 0. The van der Waals surface area contributed by atoms with Crippen molar-refractivity contribution in [2.24, 2.45) is 0 Å². The van der Waals surface area contributed by atoms with Gasteiger partial charge in [-0.3, -0.25) is 0 Å². The fraction of sp³-hybridized carbons (Fsp3) is 0. The molecule has 4 aromatic rings. The van der Waals surface area contributed by atoms with Gasteiger partial charge in [0.15, 0.2) is 5.65 Å². The summed E-state index contributed by atoms with van der Waals surface area (Å²) >= 11 is 0. The summed E-state index contributed by atoms with van der Waals surface area (Å²) in [6, 6.07) is 7.70. The van der Waals surface area contributed by atoms with Crippen LogP contribution in [0.5, 0.6) is 0 Å². The Hall–Kier alpha value is -2.76. The van der Waals surface area contributed by atoms with Crippen LogP contribution in [0.15, 0.2) is 47.4 Å². The Kier molecular flexibility index (Phi) is 1.74. The molecule has 6 heteroatoms. The summed E-state index contributed by atoms with van der Waals surface area (Å²) < 4.78 is 6.86. The lowest BCUT2D eigenvalue weighted by molar-refractivity contribution is -0.656. The van der Waals surface area contributed by atoms with E-state index >= 15 is 0 Å². The lowest BCUT2D eigenvalue weighted by Gasteiger charge is -1.88. The fourth-order valence-electron chi connectivity index (χ4n) is 1.90. The number of pyridine rings is 2. The van der Waals surface area contributed by atoms with Crippen molar-refractivity contribution in [3.8, 4) is 5.82 Å². The molecular formula is C12H8N5O+. The van der Waals surface area contributed by atoms with Gasteiger partial charge in [-0.15, -0.1) is 4.68 Å². The predicted octanol–water partition coefficient (Wildman–Crippen LogP) is 1.38. The third kappa shape index (κ3) is 1.29. The van der Waals surface area contributed by atoms with Gasteiger partial charge in [-0.2, -0.15) is 0 Å². The molecule has 4 aromatic heterocycles. The van der Waals surface area contributed by atoms with Gasteiger partial charge in [0.05, 0.1) is 17.0 Å². The molecule has 0 amide bonds. The van der Waals surface area contributed by atoms with E-state index in [0.717, 1.165) is 22.2 Å². The topological polar surface area (TPSA) is 71.5 Å². The van der Waals surface area contributed by atoms with E-state index in [1.54, 1.807) is 17.1 Å². The van der Waals surface area contributed by atoms with Crippen LogP contribution in [0.1, 0.15) is 0 Å². The van der Waals surface area contributed by atoms with Crippen LogP contribution in [-0.4, -0.2) is 20.2 Å².